The van der Waals surface area contributed by atoms with Gasteiger partial charge in [-0.05, 0) is 48.1 Å². The van der Waals surface area contributed by atoms with Crippen molar-refractivity contribution in [3.8, 4) is 5.75 Å². The van der Waals surface area contributed by atoms with E-state index in [0.29, 0.717) is 17.6 Å². The molecule has 1 aliphatic carbocycles. The summed E-state index contributed by atoms with van der Waals surface area (Å²) in [6.45, 7) is 2.10. The van der Waals surface area contributed by atoms with Crippen molar-refractivity contribution in [3.05, 3.63) is 40.0 Å². The normalized spacial score (nSPS) is 25.0. The van der Waals surface area contributed by atoms with E-state index in [-0.39, 0.29) is 5.69 Å². The lowest BCUT2D eigenvalue weighted by molar-refractivity contribution is -0.385. The summed E-state index contributed by atoms with van der Waals surface area (Å²) in [5.74, 6) is 1.62. The first-order chi connectivity index (χ1) is 9.19. The summed E-state index contributed by atoms with van der Waals surface area (Å²) in [6, 6.07) is 5.13. The lowest BCUT2D eigenvalue weighted by Gasteiger charge is -2.08. The fraction of sp³-hybridized carbons (Fsp3) is 0.429. The fourth-order valence-corrected chi connectivity index (χ4v) is 3.02. The number of rotatable bonds is 3. The van der Waals surface area contributed by atoms with Crippen LogP contribution in [0.25, 0.3) is 5.57 Å². The van der Waals surface area contributed by atoms with Gasteiger partial charge >= 0.3 is 5.69 Å². The average Bonchev–Trinajstić information content (AvgIpc) is 2.98. The Hall–Kier alpha value is -1.88. The van der Waals surface area contributed by atoms with Gasteiger partial charge in [-0.25, -0.2) is 0 Å². The van der Waals surface area contributed by atoms with Crippen LogP contribution < -0.4 is 10.1 Å². The van der Waals surface area contributed by atoms with Gasteiger partial charge in [0, 0.05) is 12.6 Å². The van der Waals surface area contributed by atoms with Gasteiger partial charge in [0.2, 0.25) is 0 Å². The highest BCUT2D eigenvalue weighted by Crippen LogP contribution is 2.40. The van der Waals surface area contributed by atoms with E-state index >= 15 is 0 Å². The molecule has 5 nitrogen and oxygen atoms in total. The average molecular weight is 260 g/mol. The number of nitrogens with one attached hydrogen (secondary N) is 1. The molecule has 1 fully saturated rings. The Morgan fingerprint density at radius 2 is 2.26 bits per heavy atom. The van der Waals surface area contributed by atoms with Gasteiger partial charge in [0.05, 0.1) is 12.0 Å². The molecular weight excluding hydrogens is 244 g/mol. The van der Waals surface area contributed by atoms with Crippen LogP contribution in [0.5, 0.6) is 5.75 Å². The molecule has 1 heterocycles. The van der Waals surface area contributed by atoms with Gasteiger partial charge in [-0.2, -0.15) is 0 Å². The van der Waals surface area contributed by atoms with Crippen LogP contribution in [0.15, 0.2) is 24.3 Å². The number of allylic oxidation sites excluding steroid dienone is 1. The number of methoxy groups -OCH3 is 1. The summed E-state index contributed by atoms with van der Waals surface area (Å²) < 4.78 is 5.12. The summed E-state index contributed by atoms with van der Waals surface area (Å²) in [5.41, 5.74) is 2.34. The van der Waals surface area contributed by atoms with E-state index in [1.54, 1.807) is 6.07 Å². The number of hydrogen-bond donors (Lipinski definition) is 1. The van der Waals surface area contributed by atoms with Crippen molar-refractivity contribution in [3.63, 3.8) is 0 Å². The van der Waals surface area contributed by atoms with Crippen molar-refractivity contribution >= 4 is 11.3 Å². The molecule has 1 aromatic carbocycles. The van der Waals surface area contributed by atoms with Gasteiger partial charge < -0.3 is 10.1 Å². The Labute approximate surface area is 111 Å². The smallest absolute Gasteiger partial charge is 0.310 e. The predicted molar refractivity (Wildman–Crippen MR) is 72.1 cm³/mol. The van der Waals surface area contributed by atoms with E-state index in [1.165, 1.54) is 18.7 Å². The summed E-state index contributed by atoms with van der Waals surface area (Å²) in [5, 5.41) is 14.3. The van der Waals surface area contributed by atoms with Gasteiger partial charge in [0.15, 0.2) is 5.75 Å². The molecule has 0 saturated carbocycles. The molecule has 0 bridgehead atoms. The number of nitro benzene ring substituents is 1. The van der Waals surface area contributed by atoms with Crippen molar-refractivity contribution in [2.24, 2.45) is 11.8 Å². The molecule has 0 radical (unpaired) electrons. The van der Waals surface area contributed by atoms with Gasteiger partial charge in [-0.1, -0.05) is 6.08 Å². The van der Waals surface area contributed by atoms with Gasteiger partial charge in [-0.15, -0.1) is 0 Å². The van der Waals surface area contributed by atoms with Gasteiger partial charge in [0.25, 0.3) is 0 Å². The highest BCUT2D eigenvalue weighted by atomic mass is 16.6. The Balaban J connectivity index is 1.92. The Morgan fingerprint density at radius 1 is 1.42 bits per heavy atom. The zero-order valence-electron chi connectivity index (χ0n) is 10.8. The number of ether oxygens (including phenoxy) is 1. The van der Waals surface area contributed by atoms with Crippen LogP contribution in [0.1, 0.15) is 12.0 Å². The molecular formula is C14H16N2O3. The van der Waals surface area contributed by atoms with Gasteiger partial charge in [-0.3, -0.25) is 10.1 Å². The summed E-state index contributed by atoms with van der Waals surface area (Å²) >= 11 is 0. The van der Waals surface area contributed by atoms with Crippen LogP contribution in [0.3, 0.4) is 0 Å². The first kappa shape index (κ1) is 12.2. The highest BCUT2D eigenvalue weighted by molar-refractivity contribution is 5.71. The summed E-state index contributed by atoms with van der Waals surface area (Å²) in [4.78, 5) is 10.5. The third-order valence-electron chi connectivity index (χ3n) is 4.04. The predicted octanol–water partition coefficient (Wildman–Crippen LogP) is 2.23. The van der Waals surface area contributed by atoms with Crippen LogP contribution >= 0.6 is 0 Å². The molecule has 2 aliphatic rings. The topological polar surface area (TPSA) is 64.4 Å². The van der Waals surface area contributed by atoms with Crippen LogP contribution in [0, 0.1) is 22.0 Å². The zero-order valence-corrected chi connectivity index (χ0v) is 10.8. The minimum absolute atomic E-state index is 0.0201. The van der Waals surface area contributed by atoms with Crippen molar-refractivity contribution in [2.45, 2.75) is 6.42 Å². The summed E-state index contributed by atoms with van der Waals surface area (Å²) in [6.07, 6.45) is 3.34. The lowest BCUT2D eigenvalue weighted by Crippen LogP contribution is -2.09. The maximum atomic E-state index is 10.9. The molecule has 1 N–H and O–H groups in total. The molecule has 5 heteroatoms. The van der Waals surface area contributed by atoms with Crippen LogP contribution in [0.4, 0.5) is 5.69 Å². The third kappa shape index (κ3) is 2.10. The van der Waals surface area contributed by atoms with Crippen LogP contribution in [-0.4, -0.2) is 25.1 Å². The molecule has 2 atom stereocenters. The molecule has 0 amide bonds. The number of fused-ring (bicyclic) bond motifs is 1. The van der Waals surface area contributed by atoms with E-state index in [9.17, 15) is 10.1 Å². The maximum Gasteiger partial charge on any atom is 0.310 e. The number of nitrogens with zero attached hydrogens (tertiary/aromatic N) is 1. The number of benzene rings is 1. The van der Waals surface area contributed by atoms with Crippen molar-refractivity contribution in [1.29, 1.82) is 0 Å². The molecule has 19 heavy (non-hydrogen) atoms. The third-order valence-corrected chi connectivity index (χ3v) is 4.04. The largest absolute Gasteiger partial charge is 0.490 e. The van der Waals surface area contributed by atoms with E-state index < -0.39 is 4.92 Å². The van der Waals surface area contributed by atoms with Crippen LogP contribution in [0.2, 0.25) is 0 Å². The molecule has 1 aliphatic heterocycles. The quantitative estimate of drug-likeness (QED) is 0.668. The van der Waals surface area contributed by atoms with Gasteiger partial charge in [0.1, 0.15) is 0 Å². The first-order valence-electron chi connectivity index (χ1n) is 6.43. The second-order valence-corrected chi connectivity index (χ2v) is 5.12. The molecule has 3 rings (SSSR count). The Bertz CT molecular complexity index is 554. The van der Waals surface area contributed by atoms with E-state index in [0.717, 1.165) is 25.1 Å². The number of nitro groups is 1. The second-order valence-electron chi connectivity index (χ2n) is 5.12. The zero-order chi connectivity index (χ0) is 13.4. The van der Waals surface area contributed by atoms with Crippen molar-refractivity contribution in [2.75, 3.05) is 20.2 Å². The van der Waals surface area contributed by atoms with E-state index in [1.807, 2.05) is 6.07 Å². The Kier molecular flexibility index (Phi) is 2.98. The number of hydrogen-bond acceptors (Lipinski definition) is 4. The molecule has 100 valence electrons. The SMILES string of the molecule is COc1cc(C2=CC3CNCC3C2)ccc1[N+](=O)[O-]. The fourth-order valence-electron chi connectivity index (χ4n) is 3.02. The second kappa shape index (κ2) is 4.66. The first-order valence-corrected chi connectivity index (χ1v) is 6.43. The molecule has 1 saturated heterocycles. The van der Waals surface area contributed by atoms with E-state index in [4.69, 9.17) is 4.74 Å². The molecule has 1 aromatic rings. The minimum Gasteiger partial charge on any atom is -0.490 e. The molecule has 0 aromatic heterocycles. The van der Waals surface area contributed by atoms with Crippen molar-refractivity contribution < 1.29 is 9.66 Å². The summed E-state index contributed by atoms with van der Waals surface area (Å²) in [7, 11) is 1.47. The maximum absolute atomic E-state index is 10.9. The monoisotopic (exact) mass is 260 g/mol. The lowest BCUT2D eigenvalue weighted by atomic mass is 9.98. The Morgan fingerprint density at radius 3 is 2.95 bits per heavy atom. The van der Waals surface area contributed by atoms with E-state index in [2.05, 4.69) is 11.4 Å². The minimum atomic E-state index is -0.412. The molecule has 0 spiro atoms. The molecule has 2 unspecified atom stereocenters. The standard InChI is InChI=1S/C14H16N2O3/c1-19-14-6-9(2-3-13(14)16(17)18)10-4-11-7-15-8-12(11)5-10/h2-4,6,11-12,15H,5,7-8H2,1H3. The van der Waals surface area contributed by atoms with Crippen LogP contribution in [-0.2, 0) is 0 Å². The highest BCUT2D eigenvalue weighted by Gasteiger charge is 2.32. The van der Waals surface area contributed by atoms with Crippen molar-refractivity contribution in [1.82, 2.24) is 5.32 Å².